The van der Waals surface area contributed by atoms with Gasteiger partial charge in [0, 0.05) is 18.2 Å². The molecule has 1 aliphatic rings. The van der Waals surface area contributed by atoms with Crippen molar-refractivity contribution < 1.29 is 17.9 Å². The van der Waals surface area contributed by atoms with E-state index in [2.05, 4.69) is 10.0 Å². The van der Waals surface area contributed by atoms with Crippen LogP contribution < -0.4 is 10.0 Å². The Bertz CT molecular complexity index is 878. The van der Waals surface area contributed by atoms with Gasteiger partial charge in [0.15, 0.2) is 0 Å². The summed E-state index contributed by atoms with van der Waals surface area (Å²) in [4.78, 5) is 12.5. The van der Waals surface area contributed by atoms with E-state index in [-0.39, 0.29) is 28.2 Å². The maximum atomic E-state index is 12.5. The summed E-state index contributed by atoms with van der Waals surface area (Å²) in [7, 11) is -3.83. The maximum Gasteiger partial charge on any atom is 0.261 e. The molecular formula is C18H19ClN2O4S. The zero-order chi connectivity index (χ0) is 18.6. The van der Waals surface area contributed by atoms with E-state index in [0.717, 1.165) is 12.8 Å². The van der Waals surface area contributed by atoms with Gasteiger partial charge in [0.1, 0.15) is 0 Å². The lowest BCUT2D eigenvalue weighted by Crippen LogP contribution is -2.32. The van der Waals surface area contributed by atoms with Gasteiger partial charge in [-0.15, -0.1) is 0 Å². The molecule has 3 rings (SSSR count). The van der Waals surface area contributed by atoms with Crippen LogP contribution in [0.3, 0.4) is 0 Å². The highest BCUT2D eigenvalue weighted by Crippen LogP contribution is 2.21. The Kier molecular flexibility index (Phi) is 5.80. The third-order valence-corrected chi connectivity index (χ3v) is 5.69. The van der Waals surface area contributed by atoms with Crippen LogP contribution in [0.2, 0.25) is 5.02 Å². The molecule has 1 amide bonds. The number of para-hydroxylation sites is 1. The van der Waals surface area contributed by atoms with Gasteiger partial charge < -0.3 is 10.1 Å². The molecule has 0 saturated carbocycles. The van der Waals surface area contributed by atoms with Crippen molar-refractivity contribution in [2.75, 3.05) is 17.9 Å². The minimum absolute atomic E-state index is 0.0110. The molecule has 138 valence electrons. The van der Waals surface area contributed by atoms with Crippen molar-refractivity contribution in [2.45, 2.75) is 23.8 Å². The second-order valence-electron chi connectivity index (χ2n) is 5.95. The van der Waals surface area contributed by atoms with Gasteiger partial charge >= 0.3 is 0 Å². The summed E-state index contributed by atoms with van der Waals surface area (Å²) in [5.41, 5.74) is 0.468. The number of benzene rings is 2. The van der Waals surface area contributed by atoms with Crippen molar-refractivity contribution in [1.29, 1.82) is 0 Å². The molecule has 0 unspecified atom stereocenters. The summed E-state index contributed by atoms with van der Waals surface area (Å²) >= 11 is 5.80. The van der Waals surface area contributed by atoms with Crippen LogP contribution in [0.4, 0.5) is 5.69 Å². The van der Waals surface area contributed by atoms with Crippen LogP contribution in [-0.4, -0.2) is 33.6 Å². The summed E-state index contributed by atoms with van der Waals surface area (Å²) in [5.74, 6) is -0.352. The van der Waals surface area contributed by atoms with E-state index in [1.54, 1.807) is 24.3 Å². The minimum Gasteiger partial charge on any atom is -0.376 e. The van der Waals surface area contributed by atoms with Crippen molar-refractivity contribution in [1.82, 2.24) is 5.32 Å². The Labute approximate surface area is 157 Å². The lowest BCUT2D eigenvalue weighted by molar-refractivity contribution is 0.0858. The molecule has 1 heterocycles. The zero-order valence-corrected chi connectivity index (χ0v) is 15.5. The highest BCUT2D eigenvalue weighted by molar-refractivity contribution is 7.92. The monoisotopic (exact) mass is 394 g/mol. The molecular weight excluding hydrogens is 376 g/mol. The summed E-state index contributed by atoms with van der Waals surface area (Å²) < 4.78 is 33.0. The van der Waals surface area contributed by atoms with Crippen molar-refractivity contribution >= 4 is 33.2 Å². The van der Waals surface area contributed by atoms with Crippen LogP contribution in [0, 0.1) is 0 Å². The number of sulfonamides is 1. The van der Waals surface area contributed by atoms with Crippen LogP contribution in [0.25, 0.3) is 0 Å². The van der Waals surface area contributed by atoms with E-state index in [4.69, 9.17) is 16.3 Å². The van der Waals surface area contributed by atoms with Crippen molar-refractivity contribution in [3.8, 4) is 0 Å². The standard InChI is InChI=1S/C18H19ClN2O4S/c19-13-7-9-15(10-8-13)26(23,24)21-17-6-2-1-5-16(17)18(22)20-12-14-4-3-11-25-14/h1-2,5-10,14,21H,3-4,11-12H2,(H,20,22)/t14-/m0/s1. The molecule has 1 saturated heterocycles. The van der Waals surface area contributed by atoms with Crippen LogP contribution >= 0.6 is 11.6 Å². The second-order valence-corrected chi connectivity index (χ2v) is 8.07. The Balaban J connectivity index is 1.75. The second kappa shape index (κ2) is 8.07. The first-order valence-electron chi connectivity index (χ1n) is 8.23. The van der Waals surface area contributed by atoms with Crippen LogP contribution in [0.5, 0.6) is 0 Å². The third-order valence-electron chi connectivity index (χ3n) is 4.05. The molecule has 6 nitrogen and oxygen atoms in total. The molecule has 0 radical (unpaired) electrons. The number of hydrogen-bond acceptors (Lipinski definition) is 4. The fraction of sp³-hybridized carbons (Fsp3) is 0.278. The topological polar surface area (TPSA) is 84.5 Å². The Morgan fingerprint density at radius 2 is 1.88 bits per heavy atom. The number of rotatable bonds is 6. The predicted molar refractivity (Wildman–Crippen MR) is 100 cm³/mol. The SMILES string of the molecule is O=C(NC[C@@H]1CCCO1)c1ccccc1NS(=O)(=O)c1ccc(Cl)cc1. The van der Waals surface area contributed by atoms with Gasteiger partial charge in [0.2, 0.25) is 0 Å². The average Bonchev–Trinajstić information content (AvgIpc) is 3.14. The molecule has 8 heteroatoms. The van der Waals surface area contributed by atoms with E-state index < -0.39 is 10.0 Å². The van der Waals surface area contributed by atoms with Gasteiger partial charge in [-0.25, -0.2) is 8.42 Å². The number of ether oxygens (including phenoxy) is 1. The van der Waals surface area contributed by atoms with Crippen LogP contribution in [0.1, 0.15) is 23.2 Å². The van der Waals surface area contributed by atoms with Gasteiger partial charge in [-0.05, 0) is 49.2 Å². The molecule has 1 atom stereocenters. The van der Waals surface area contributed by atoms with E-state index in [1.807, 2.05) is 0 Å². The van der Waals surface area contributed by atoms with Gasteiger partial charge in [-0.1, -0.05) is 23.7 Å². The number of nitrogens with one attached hydrogen (secondary N) is 2. The summed E-state index contributed by atoms with van der Waals surface area (Å²) in [5, 5.41) is 3.24. The fourth-order valence-corrected chi connectivity index (χ4v) is 3.90. The van der Waals surface area contributed by atoms with Crippen molar-refractivity contribution in [2.24, 2.45) is 0 Å². The van der Waals surface area contributed by atoms with Gasteiger partial charge in [-0.2, -0.15) is 0 Å². The van der Waals surface area contributed by atoms with E-state index in [9.17, 15) is 13.2 Å². The quantitative estimate of drug-likeness (QED) is 0.788. The first-order chi connectivity index (χ1) is 12.5. The molecule has 0 spiro atoms. The predicted octanol–water partition coefficient (Wildman–Crippen LogP) is 3.05. The van der Waals surface area contributed by atoms with Gasteiger partial charge in [0.05, 0.1) is 22.3 Å². The number of hydrogen-bond donors (Lipinski definition) is 2. The Morgan fingerprint density at radius 1 is 1.15 bits per heavy atom. The van der Waals surface area contributed by atoms with Crippen molar-refractivity contribution in [3.05, 3.63) is 59.1 Å². The highest BCUT2D eigenvalue weighted by atomic mass is 35.5. The molecule has 0 aliphatic carbocycles. The molecule has 2 aromatic carbocycles. The summed E-state index contributed by atoms with van der Waals surface area (Å²) in [6.45, 7) is 1.11. The fourth-order valence-electron chi connectivity index (χ4n) is 2.69. The van der Waals surface area contributed by atoms with Crippen LogP contribution in [-0.2, 0) is 14.8 Å². The van der Waals surface area contributed by atoms with Gasteiger partial charge in [0.25, 0.3) is 15.9 Å². The molecule has 2 N–H and O–H groups in total. The summed E-state index contributed by atoms with van der Waals surface area (Å²) in [6, 6.07) is 12.3. The average molecular weight is 395 g/mol. The molecule has 0 aromatic heterocycles. The molecule has 1 aliphatic heterocycles. The first kappa shape index (κ1) is 18.7. The number of carbonyl (C=O) groups excluding carboxylic acids is 1. The number of anilines is 1. The zero-order valence-electron chi connectivity index (χ0n) is 13.9. The third kappa shape index (κ3) is 4.55. The van der Waals surface area contributed by atoms with E-state index in [1.165, 1.54) is 24.3 Å². The van der Waals surface area contributed by atoms with Gasteiger partial charge in [-0.3, -0.25) is 9.52 Å². The maximum absolute atomic E-state index is 12.5. The van der Waals surface area contributed by atoms with E-state index >= 15 is 0 Å². The molecule has 1 fully saturated rings. The molecule has 26 heavy (non-hydrogen) atoms. The Morgan fingerprint density at radius 3 is 2.58 bits per heavy atom. The van der Waals surface area contributed by atoms with Crippen molar-refractivity contribution in [3.63, 3.8) is 0 Å². The largest absolute Gasteiger partial charge is 0.376 e. The molecule has 0 bridgehead atoms. The molecule has 2 aromatic rings. The van der Waals surface area contributed by atoms with E-state index in [0.29, 0.717) is 18.2 Å². The Hall–Kier alpha value is -2.09. The number of halogens is 1. The minimum atomic E-state index is -3.83. The first-order valence-corrected chi connectivity index (χ1v) is 10.1. The smallest absolute Gasteiger partial charge is 0.261 e. The lowest BCUT2D eigenvalue weighted by atomic mass is 10.1. The number of carbonyl (C=O) groups is 1. The lowest BCUT2D eigenvalue weighted by Gasteiger charge is -2.14. The summed E-state index contributed by atoms with van der Waals surface area (Å²) in [6.07, 6.45) is 1.90. The normalized spacial score (nSPS) is 17.0. The highest BCUT2D eigenvalue weighted by Gasteiger charge is 2.20. The van der Waals surface area contributed by atoms with Crippen LogP contribution in [0.15, 0.2) is 53.4 Å². The number of amides is 1.